The molecule has 0 radical (unpaired) electrons. The van der Waals surface area contributed by atoms with Crippen molar-refractivity contribution in [3.05, 3.63) is 24.3 Å². The summed E-state index contributed by atoms with van der Waals surface area (Å²) in [5, 5.41) is 76.6. The van der Waals surface area contributed by atoms with E-state index in [0.29, 0.717) is 19.3 Å². The quantitative estimate of drug-likeness (QED) is 0.0215. The largest absolute Gasteiger partial charge is 0.394 e. The number of amides is 1. The van der Waals surface area contributed by atoms with Crippen molar-refractivity contribution in [2.24, 2.45) is 0 Å². The van der Waals surface area contributed by atoms with E-state index in [4.69, 9.17) is 9.47 Å². The van der Waals surface area contributed by atoms with Gasteiger partial charge in [0.05, 0.1) is 25.4 Å². The highest BCUT2D eigenvalue weighted by Gasteiger charge is 2.44. The Morgan fingerprint density at radius 1 is 0.417 bits per heavy atom. The van der Waals surface area contributed by atoms with E-state index in [1.54, 1.807) is 0 Å². The number of aliphatic hydroxyl groups is 7. The first-order valence-corrected chi connectivity index (χ1v) is 36.7. The molecule has 1 rings (SSSR count). The van der Waals surface area contributed by atoms with E-state index in [1.807, 2.05) is 0 Å². The molecule has 84 heavy (non-hydrogen) atoms. The number of nitrogens with one attached hydrogen (secondary N) is 1. The molecular weight excluding hydrogens is 1050 g/mol. The average Bonchev–Trinajstić information content (AvgIpc) is 3.66. The summed E-state index contributed by atoms with van der Waals surface area (Å²) in [6.45, 7) is 3.52. The third-order valence-electron chi connectivity index (χ3n) is 18.0. The second-order valence-electron chi connectivity index (χ2n) is 26.0. The van der Waals surface area contributed by atoms with Gasteiger partial charge in [0.2, 0.25) is 5.91 Å². The molecule has 9 unspecified atom stereocenters. The van der Waals surface area contributed by atoms with E-state index >= 15 is 0 Å². The molecule has 0 aromatic carbocycles. The molecule has 0 aromatic rings. The van der Waals surface area contributed by atoms with E-state index in [-0.39, 0.29) is 6.42 Å². The smallest absolute Gasteiger partial charge is 0.249 e. The summed E-state index contributed by atoms with van der Waals surface area (Å²) in [6, 6.07) is -1.17. The Morgan fingerprint density at radius 3 is 1.06 bits per heavy atom. The lowest BCUT2D eigenvalue weighted by Crippen LogP contribution is -2.60. The fourth-order valence-corrected chi connectivity index (χ4v) is 12.1. The lowest BCUT2D eigenvalue weighted by molar-refractivity contribution is -0.303. The highest BCUT2D eigenvalue weighted by atomic mass is 16.7. The number of hydrogen-bond donors (Lipinski definition) is 8. The minimum atomic E-state index is -1.66. The van der Waals surface area contributed by atoms with Crippen molar-refractivity contribution in [3.8, 4) is 0 Å². The second kappa shape index (κ2) is 61.8. The van der Waals surface area contributed by atoms with Gasteiger partial charge in [-0.25, -0.2) is 0 Å². The van der Waals surface area contributed by atoms with Gasteiger partial charge in [-0.3, -0.25) is 4.79 Å². The van der Waals surface area contributed by atoms with Crippen molar-refractivity contribution in [1.82, 2.24) is 5.32 Å². The monoisotopic (exact) mass is 1190 g/mol. The zero-order valence-corrected chi connectivity index (χ0v) is 55.2. The maximum absolute atomic E-state index is 13.3. The summed E-state index contributed by atoms with van der Waals surface area (Å²) in [4.78, 5) is 13.3. The number of allylic oxidation sites excluding steroid dienone is 4. The van der Waals surface area contributed by atoms with Crippen LogP contribution in [0.25, 0.3) is 0 Å². The van der Waals surface area contributed by atoms with Gasteiger partial charge in [-0.15, -0.1) is 0 Å². The summed E-state index contributed by atoms with van der Waals surface area (Å²) in [7, 11) is 0. The van der Waals surface area contributed by atoms with Gasteiger partial charge in [0.15, 0.2) is 6.29 Å². The van der Waals surface area contributed by atoms with Crippen molar-refractivity contribution >= 4 is 5.91 Å². The molecule has 11 heteroatoms. The number of carbonyl (C=O) groups excluding carboxylic acids is 1. The van der Waals surface area contributed by atoms with Gasteiger partial charge in [-0.1, -0.05) is 346 Å². The molecule has 0 bridgehead atoms. The summed E-state index contributed by atoms with van der Waals surface area (Å²) in [5.41, 5.74) is 0. The molecule has 1 heterocycles. The molecule has 0 spiro atoms. The molecular formula is C73H141NO10. The van der Waals surface area contributed by atoms with E-state index in [9.17, 15) is 40.5 Å². The first-order valence-electron chi connectivity index (χ1n) is 36.7. The van der Waals surface area contributed by atoms with Crippen LogP contribution in [-0.2, 0) is 14.3 Å². The lowest BCUT2D eigenvalue weighted by Gasteiger charge is -2.40. The van der Waals surface area contributed by atoms with Crippen LogP contribution in [0.1, 0.15) is 367 Å². The molecule has 1 fully saturated rings. The maximum atomic E-state index is 13.3. The van der Waals surface area contributed by atoms with Crippen molar-refractivity contribution in [3.63, 3.8) is 0 Å². The van der Waals surface area contributed by atoms with Gasteiger partial charge < -0.3 is 50.5 Å². The topological polar surface area (TPSA) is 189 Å². The summed E-state index contributed by atoms with van der Waals surface area (Å²) in [6.07, 6.45) is 66.9. The molecule has 1 amide bonds. The van der Waals surface area contributed by atoms with E-state index in [2.05, 4.69) is 43.5 Å². The third kappa shape index (κ3) is 48.5. The van der Waals surface area contributed by atoms with Crippen LogP contribution >= 0.6 is 0 Å². The third-order valence-corrected chi connectivity index (χ3v) is 18.0. The van der Waals surface area contributed by atoms with Gasteiger partial charge >= 0.3 is 0 Å². The molecule has 8 N–H and O–H groups in total. The lowest BCUT2D eigenvalue weighted by atomic mass is 9.98. The summed E-state index contributed by atoms with van der Waals surface area (Å²) < 4.78 is 11.2. The Labute approximate surface area is 518 Å². The molecule has 498 valence electrons. The van der Waals surface area contributed by atoms with Crippen LogP contribution in [0.4, 0.5) is 0 Å². The van der Waals surface area contributed by atoms with Gasteiger partial charge in [0.25, 0.3) is 0 Å². The van der Waals surface area contributed by atoms with Crippen molar-refractivity contribution in [2.45, 2.75) is 422 Å². The number of carbonyl (C=O) groups is 1. The van der Waals surface area contributed by atoms with E-state index in [0.717, 1.165) is 44.9 Å². The highest BCUT2D eigenvalue weighted by molar-refractivity contribution is 5.80. The standard InChI is InChI=1S/C73H141NO10/c1-3-5-7-9-11-13-15-17-19-21-23-25-27-28-29-30-31-32-33-34-35-36-37-39-41-43-45-47-49-51-53-55-57-59-61-66(77)72(82)74-64(63-83-73-71(81)70(80)69(79)67(62-75)84-73)68(78)65(76)60-58-56-54-52-50-48-46-44-42-40-38-26-24-22-20-18-16-14-12-10-8-6-4-2/h27-28,30-31,64-71,73,75-81H,3-26,29,32-63H2,1-2H3,(H,74,82)/b28-27-,31-30-. The Balaban J connectivity index is 2.16. The van der Waals surface area contributed by atoms with Crippen molar-refractivity contribution < 1.29 is 50.0 Å². The molecule has 9 atom stereocenters. The van der Waals surface area contributed by atoms with Crippen LogP contribution in [0.3, 0.4) is 0 Å². The Bertz CT molecular complexity index is 1420. The predicted molar refractivity (Wildman–Crippen MR) is 353 cm³/mol. The Kier molecular flexibility index (Phi) is 59.3. The first kappa shape index (κ1) is 80.6. The second-order valence-corrected chi connectivity index (χ2v) is 26.0. The number of ether oxygens (including phenoxy) is 2. The van der Waals surface area contributed by atoms with Crippen LogP contribution in [-0.4, -0.2) is 110 Å². The van der Waals surface area contributed by atoms with Crippen LogP contribution in [0.5, 0.6) is 0 Å². The number of hydrogen-bond acceptors (Lipinski definition) is 10. The van der Waals surface area contributed by atoms with Gasteiger partial charge in [0.1, 0.15) is 36.6 Å². The van der Waals surface area contributed by atoms with Gasteiger partial charge in [-0.2, -0.15) is 0 Å². The SMILES string of the molecule is CCCCCCCCCCCCC/C=C\C/C=C\CCCCCCCCCCCCCCCCCCC(O)C(=O)NC(COC1OC(CO)C(O)C(O)C1O)C(O)C(O)CCCCCCCCCCCCCCCCCCCCCCCCC. The molecule has 1 aliphatic rings. The molecule has 0 saturated carbocycles. The highest BCUT2D eigenvalue weighted by Crippen LogP contribution is 2.24. The maximum Gasteiger partial charge on any atom is 0.249 e. The minimum absolute atomic E-state index is 0.263. The fraction of sp³-hybridized carbons (Fsp3) is 0.932. The summed E-state index contributed by atoms with van der Waals surface area (Å²) >= 11 is 0. The van der Waals surface area contributed by atoms with Crippen LogP contribution < -0.4 is 5.32 Å². The van der Waals surface area contributed by atoms with Crippen LogP contribution in [0.15, 0.2) is 24.3 Å². The predicted octanol–water partition coefficient (Wildman–Crippen LogP) is 18.0. The summed E-state index contributed by atoms with van der Waals surface area (Å²) in [5.74, 6) is -0.690. The van der Waals surface area contributed by atoms with Crippen LogP contribution in [0.2, 0.25) is 0 Å². The van der Waals surface area contributed by atoms with E-state index < -0.39 is 74.2 Å². The Hall–Kier alpha value is -1.41. The molecule has 0 aliphatic carbocycles. The van der Waals surface area contributed by atoms with Crippen molar-refractivity contribution in [2.75, 3.05) is 13.2 Å². The van der Waals surface area contributed by atoms with Gasteiger partial charge in [-0.05, 0) is 44.9 Å². The zero-order valence-electron chi connectivity index (χ0n) is 55.2. The van der Waals surface area contributed by atoms with Crippen molar-refractivity contribution in [1.29, 1.82) is 0 Å². The number of rotatable bonds is 65. The normalized spacial score (nSPS) is 19.0. The average molecular weight is 1190 g/mol. The van der Waals surface area contributed by atoms with Crippen LogP contribution in [0, 0.1) is 0 Å². The molecule has 1 saturated heterocycles. The van der Waals surface area contributed by atoms with Gasteiger partial charge in [0, 0.05) is 0 Å². The minimum Gasteiger partial charge on any atom is -0.394 e. The molecule has 1 aliphatic heterocycles. The number of aliphatic hydroxyl groups excluding tert-OH is 7. The fourth-order valence-electron chi connectivity index (χ4n) is 12.1. The molecule has 0 aromatic heterocycles. The Morgan fingerprint density at radius 2 is 0.726 bits per heavy atom. The molecule has 11 nitrogen and oxygen atoms in total. The number of unbranched alkanes of at least 4 members (excludes halogenated alkanes) is 49. The first-order chi connectivity index (χ1) is 41.2. The zero-order chi connectivity index (χ0) is 61.0. The van der Waals surface area contributed by atoms with E-state index in [1.165, 1.54) is 283 Å².